The SMILES string of the molecule is Cc1nsnc1COc1cccc(C(=O)Nc2ccc(S(=O)(=O)Nc3nccs3)cc2)c1. The van der Waals surface area contributed by atoms with Gasteiger partial charge in [0.25, 0.3) is 15.9 Å². The van der Waals surface area contributed by atoms with E-state index in [2.05, 4.69) is 23.8 Å². The summed E-state index contributed by atoms with van der Waals surface area (Å²) < 4.78 is 41.2. The molecule has 2 N–H and O–H groups in total. The van der Waals surface area contributed by atoms with Crippen LogP contribution in [-0.2, 0) is 16.6 Å². The topological polar surface area (TPSA) is 123 Å². The summed E-state index contributed by atoms with van der Waals surface area (Å²) in [6, 6.07) is 12.6. The minimum absolute atomic E-state index is 0.0629. The first kappa shape index (κ1) is 21.9. The largest absolute Gasteiger partial charge is 0.487 e. The number of hydrogen-bond donors (Lipinski definition) is 2. The fraction of sp³-hybridized carbons (Fsp3) is 0.100. The van der Waals surface area contributed by atoms with E-state index in [-0.39, 0.29) is 22.5 Å². The van der Waals surface area contributed by atoms with Gasteiger partial charge in [0.15, 0.2) is 5.13 Å². The molecule has 4 aromatic rings. The van der Waals surface area contributed by atoms with E-state index < -0.39 is 10.0 Å². The Balaban J connectivity index is 1.40. The third-order valence-electron chi connectivity index (χ3n) is 4.29. The van der Waals surface area contributed by atoms with Gasteiger partial charge in [0.1, 0.15) is 18.1 Å². The molecule has 9 nitrogen and oxygen atoms in total. The Morgan fingerprint density at radius 1 is 1.12 bits per heavy atom. The first-order valence-electron chi connectivity index (χ1n) is 9.25. The molecule has 164 valence electrons. The van der Waals surface area contributed by atoms with Crippen LogP contribution in [0, 0.1) is 6.92 Å². The lowest BCUT2D eigenvalue weighted by Crippen LogP contribution is -2.14. The van der Waals surface area contributed by atoms with E-state index in [1.165, 1.54) is 41.8 Å². The van der Waals surface area contributed by atoms with Crippen molar-refractivity contribution in [3.05, 3.63) is 77.1 Å². The van der Waals surface area contributed by atoms with Gasteiger partial charge in [-0.3, -0.25) is 9.52 Å². The van der Waals surface area contributed by atoms with Crippen molar-refractivity contribution in [2.24, 2.45) is 0 Å². The highest BCUT2D eigenvalue weighted by Crippen LogP contribution is 2.21. The van der Waals surface area contributed by atoms with E-state index in [9.17, 15) is 13.2 Å². The molecule has 0 bridgehead atoms. The number of nitrogens with one attached hydrogen (secondary N) is 2. The van der Waals surface area contributed by atoms with Gasteiger partial charge >= 0.3 is 0 Å². The number of carbonyl (C=O) groups excluding carboxylic acids is 1. The smallest absolute Gasteiger partial charge is 0.263 e. The standard InChI is InChI=1S/C20H17N5O4S3/c1-13-18(24-31-23-13)12-29-16-4-2-3-14(11-16)19(26)22-15-5-7-17(8-6-15)32(27,28)25-20-21-9-10-30-20/h2-11H,12H2,1H3,(H,21,25)(H,22,26). The van der Waals surface area contributed by atoms with Crippen molar-refractivity contribution in [3.63, 3.8) is 0 Å². The van der Waals surface area contributed by atoms with Crippen molar-refractivity contribution in [2.75, 3.05) is 10.0 Å². The van der Waals surface area contributed by atoms with E-state index >= 15 is 0 Å². The summed E-state index contributed by atoms with van der Waals surface area (Å²) in [5.74, 6) is 0.179. The highest BCUT2D eigenvalue weighted by atomic mass is 32.2. The van der Waals surface area contributed by atoms with E-state index in [0.717, 1.165) is 23.1 Å². The number of thiazole rings is 1. The Bertz CT molecular complexity index is 1320. The number of benzene rings is 2. The van der Waals surface area contributed by atoms with Crippen molar-refractivity contribution in [3.8, 4) is 5.75 Å². The van der Waals surface area contributed by atoms with Gasteiger partial charge in [-0.15, -0.1) is 11.3 Å². The van der Waals surface area contributed by atoms with Gasteiger partial charge in [-0.1, -0.05) is 6.07 Å². The van der Waals surface area contributed by atoms with Gasteiger partial charge in [-0.05, 0) is 49.4 Å². The highest BCUT2D eigenvalue weighted by molar-refractivity contribution is 7.93. The first-order chi connectivity index (χ1) is 15.4. The molecule has 1 amide bonds. The predicted molar refractivity (Wildman–Crippen MR) is 123 cm³/mol. The van der Waals surface area contributed by atoms with Crippen LogP contribution in [0.3, 0.4) is 0 Å². The Morgan fingerprint density at radius 3 is 2.62 bits per heavy atom. The molecule has 32 heavy (non-hydrogen) atoms. The van der Waals surface area contributed by atoms with Gasteiger partial charge in [0, 0.05) is 22.8 Å². The Labute approximate surface area is 192 Å². The lowest BCUT2D eigenvalue weighted by atomic mass is 10.2. The molecule has 0 atom stereocenters. The molecular weight excluding hydrogens is 470 g/mol. The van der Waals surface area contributed by atoms with Crippen LogP contribution >= 0.6 is 23.1 Å². The second-order valence-corrected chi connectivity index (χ2v) is 9.64. The normalized spacial score (nSPS) is 11.2. The number of ether oxygens (including phenoxy) is 1. The number of anilines is 2. The third kappa shape index (κ3) is 5.28. The summed E-state index contributed by atoms with van der Waals surface area (Å²) in [5, 5.41) is 4.71. The van der Waals surface area contributed by atoms with Gasteiger partial charge in [0.05, 0.1) is 22.3 Å². The summed E-state index contributed by atoms with van der Waals surface area (Å²) in [7, 11) is -3.75. The Hall–Kier alpha value is -3.35. The number of carbonyl (C=O) groups is 1. The molecular formula is C20H17N5O4S3. The van der Waals surface area contributed by atoms with Crippen LogP contribution < -0.4 is 14.8 Å². The fourth-order valence-electron chi connectivity index (χ4n) is 2.63. The number of aromatic nitrogens is 3. The zero-order valence-corrected chi connectivity index (χ0v) is 19.1. The van der Waals surface area contributed by atoms with Crippen LogP contribution in [0.1, 0.15) is 21.7 Å². The maximum Gasteiger partial charge on any atom is 0.263 e. The Morgan fingerprint density at radius 2 is 1.94 bits per heavy atom. The van der Waals surface area contributed by atoms with Crippen molar-refractivity contribution in [2.45, 2.75) is 18.4 Å². The molecule has 0 saturated heterocycles. The second-order valence-electron chi connectivity index (χ2n) is 6.53. The number of nitrogens with zero attached hydrogens (tertiary/aromatic N) is 3. The predicted octanol–water partition coefficient (Wildman–Crippen LogP) is 3.94. The maximum absolute atomic E-state index is 12.6. The van der Waals surface area contributed by atoms with Crippen molar-refractivity contribution in [1.82, 2.24) is 13.7 Å². The van der Waals surface area contributed by atoms with Gasteiger partial charge in [-0.2, -0.15) is 8.75 Å². The molecule has 12 heteroatoms. The second kappa shape index (κ2) is 9.42. The minimum atomic E-state index is -3.75. The number of rotatable bonds is 8. The van der Waals surface area contributed by atoms with Gasteiger partial charge in [-0.25, -0.2) is 13.4 Å². The first-order valence-corrected chi connectivity index (χ1v) is 12.3. The molecule has 2 heterocycles. The van der Waals surface area contributed by atoms with E-state index in [1.54, 1.807) is 29.6 Å². The van der Waals surface area contributed by atoms with Crippen LogP contribution in [-0.4, -0.2) is 28.1 Å². The van der Waals surface area contributed by atoms with Gasteiger partial charge < -0.3 is 10.1 Å². The Kier molecular flexibility index (Phi) is 6.44. The fourth-order valence-corrected chi connectivity index (χ4v) is 4.97. The van der Waals surface area contributed by atoms with E-state index in [1.807, 2.05) is 6.92 Å². The quantitative estimate of drug-likeness (QED) is 0.386. The van der Waals surface area contributed by atoms with Crippen LogP contribution in [0.15, 0.2) is 65.0 Å². The maximum atomic E-state index is 12.6. The molecule has 0 fully saturated rings. The number of aryl methyl sites for hydroxylation is 1. The highest BCUT2D eigenvalue weighted by Gasteiger charge is 2.16. The van der Waals surface area contributed by atoms with E-state index in [4.69, 9.17) is 4.74 Å². The third-order valence-corrected chi connectivity index (χ3v) is 7.12. The van der Waals surface area contributed by atoms with Crippen LogP contribution in [0.4, 0.5) is 10.8 Å². The lowest BCUT2D eigenvalue weighted by Gasteiger charge is -2.09. The van der Waals surface area contributed by atoms with Crippen LogP contribution in [0.5, 0.6) is 5.75 Å². The molecule has 4 rings (SSSR count). The minimum Gasteiger partial charge on any atom is -0.487 e. The molecule has 0 unspecified atom stereocenters. The van der Waals surface area contributed by atoms with Crippen molar-refractivity contribution in [1.29, 1.82) is 0 Å². The van der Waals surface area contributed by atoms with Crippen molar-refractivity contribution < 1.29 is 17.9 Å². The van der Waals surface area contributed by atoms with Crippen LogP contribution in [0.25, 0.3) is 0 Å². The average molecular weight is 488 g/mol. The molecule has 0 aliphatic heterocycles. The summed E-state index contributed by atoms with van der Waals surface area (Å²) in [6.45, 7) is 2.12. The average Bonchev–Trinajstić information content (AvgIpc) is 3.44. The molecule has 0 saturated carbocycles. The summed E-state index contributed by atoms with van der Waals surface area (Å²) in [5.41, 5.74) is 2.43. The van der Waals surface area contributed by atoms with E-state index in [0.29, 0.717) is 17.0 Å². The molecule has 0 spiro atoms. The van der Waals surface area contributed by atoms with Gasteiger partial charge in [0.2, 0.25) is 0 Å². The summed E-state index contributed by atoms with van der Waals surface area (Å²) in [4.78, 5) is 16.6. The molecule has 0 aliphatic carbocycles. The summed E-state index contributed by atoms with van der Waals surface area (Å²) >= 11 is 2.31. The van der Waals surface area contributed by atoms with Crippen molar-refractivity contribution >= 4 is 49.8 Å². The molecule has 2 aromatic carbocycles. The zero-order valence-electron chi connectivity index (χ0n) is 16.7. The molecule has 0 aliphatic rings. The number of amides is 1. The lowest BCUT2D eigenvalue weighted by molar-refractivity contribution is 0.102. The molecule has 0 radical (unpaired) electrons. The monoisotopic (exact) mass is 487 g/mol. The summed E-state index contributed by atoms with van der Waals surface area (Å²) in [6.07, 6.45) is 1.51. The number of sulfonamides is 1. The van der Waals surface area contributed by atoms with Crippen LogP contribution in [0.2, 0.25) is 0 Å². The zero-order chi connectivity index (χ0) is 22.6. The number of hydrogen-bond acceptors (Lipinski definition) is 9. The molecule has 2 aromatic heterocycles.